The molecule has 2 N–H and O–H groups in total. The van der Waals surface area contributed by atoms with Gasteiger partial charge in [-0.15, -0.1) is 0 Å². The van der Waals surface area contributed by atoms with E-state index in [9.17, 15) is 13.2 Å². The first-order chi connectivity index (χ1) is 16.7. The van der Waals surface area contributed by atoms with Crippen LogP contribution >= 0.6 is 0 Å². The lowest BCUT2D eigenvalue weighted by atomic mass is 10.1. The van der Waals surface area contributed by atoms with Crippen LogP contribution in [0.1, 0.15) is 51.0 Å². The number of benzene rings is 3. The van der Waals surface area contributed by atoms with E-state index in [1.807, 2.05) is 38.1 Å². The molecule has 1 amide bonds. The molecule has 35 heavy (non-hydrogen) atoms. The number of hydrogen-bond donors (Lipinski definition) is 2. The summed E-state index contributed by atoms with van der Waals surface area (Å²) >= 11 is 0. The van der Waals surface area contributed by atoms with Gasteiger partial charge in [0.25, 0.3) is 15.9 Å². The number of amides is 1. The molecule has 6 nitrogen and oxygen atoms in total. The largest absolute Gasteiger partial charge is 0.348 e. The number of likely N-dealkylation sites (tertiary alicyclic amines) is 1. The van der Waals surface area contributed by atoms with Crippen LogP contribution in [-0.4, -0.2) is 32.3 Å². The van der Waals surface area contributed by atoms with Crippen LogP contribution < -0.4 is 10.0 Å². The summed E-state index contributed by atoms with van der Waals surface area (Å²) in [5.74, 6) is -0.302. The number of carbonyl (C=O) groups is 1. The smallest absolute Gasteiger partial charge is 0.262 e. The molecular weight excluding hydrogens is 458 g/mol. The average molecular weight is 492 g/mol. The van der Waals surface area contributed by atoms with Gasteiger partial charge in [0, 0.05) is 24.3 Å². The summed E-state index contributed by atoms with van der Waals surface area (Å²) in [6.07, 6.45) is 2.46. The van der Waals surface area contributed by atoms with Crippen LogP contribution in [0.2, 0.25) is 0 Å². The minimum atomic E-state index is -3.86. The molecule has 0 bridgehead atoms. The summed E-state index contributed by atoms with van der Waals surface area (Å²) in [5.41, 5.74) is 5.62. The van der Waals surface area contributed by atoms with Crippen molar-refractivity contribution in [2.75, 3.05) is 17.8 Å². The Morgan fingerprint density at radius 3 is 2.23 bits per heavy atom. The van der Waals surface area contributed by atoms with Crippen molar-refractivity contribution in [1.82, 2.24) is 10.2 Å². The SMILES string of the molecule is Cc1cc(C)cc(NS(=O)(=O)c2cc(C(=O)NCc3ccccc3CN3CCCC3)ccc2C)c1. The molecule has 0 atom stereocenters. The lowest BCUT2D eigenvalue weighted by Crippen LogP contribution is -2.25. The van der Waals surface area contributed by atoms with Crippen molar-refractivity contribution in [3.8, 4) is 0 Å². The fourth-order valence-electron chi connectivity index (χ4n) is 4.62. The predicted octanol–water partition coefficient (Wildman–Crippen LogP) is 4.94. The Morgan fingerprint density at radius 2 is 1.54 bits per heavy atom. The highest BCUT2D eigenvalue weighted by molar-refractivity contribution is 7.92. The van der Waals surface area contributed by atoms with Crippen molar-refractivity contribution in [3.63, 3.8) is 0 Å². The van der Waals surface area contributed by atoms with Crippen LogP contribution in [0.3, 0.4) is 0 Å². The molecule has 7 heteroatoms. The third kappa shape index (κ3) is 6.29. The molecule has 0 saturated carbocycles. The number of hydrogen-bond acceptors (Lipinski definition) is 4. The Balaban J connectivity index is 1.49. The van der Waals surface area contributed by atoms with Crippen molar-refractivity contribution in [3.05, 3.63) is 94.0 Å². The van der Waals surface area contributed by atoms with Gasteiger partial charge in [0.2, 0.25) is 0 Å². The van der Waals surface area contributed by atoms with Crippen molar-refractivity contribution in [1.29, 1.82) is 0 Å². The Hall–Kier alpha value is -3.16. The number of sulfonamides is 1. The maximum Gasteiger partial charge on any atom is 0.262 e. The van der Waals surface area contributed by atoms with Crippen molar-refractivity contribution in [2.45, 2.75) is 51.6 Å². The topological polar surface area (TPSA) is 78.5 Å². The third-order valence-electron chi connectivity index (χ3n) is 6.36. The Kier molecular flexibility index (Phi) is 7.57. The zero-order valence-electron chi connectivity index (χ0n) is 20.6. The minimum Gasteiger partial charge on any atom is -0.348 e. The predicted molar refractivity (Wildman–Crippen MR) is 140 cm³/mol. The van der Waals surface area contributed by atoms with E-state index in [-0.39, 0.29) is 10.8 Å². The average Bonchev–Trinajstić information content (AvgIpc) is 3.30. The van der Waals surface area contributed by atoms with E-state index in [4.69, 9.17) is 0 Å². The molecule has 1 saturated heterocycles. The highest BCUT2D eigenvalue weighted by Crippen LogP contribution is 2.23. The minimum absolute atomic E-state index is 0.0961. The fourth-order valence-corrected chi connectivity index (χ4v) is 5.93. The molecule has 3 aromatic carbocycles. The fraction of sp³-hybridized carbons (Fsp3) is 0.321. The second kappa shape index (κ2) is 10.6. The quantitative estimate of drug-likeness (QED) is 0.468. The van der Waals surface area contributed by atoms with Gasteiger partial charge in [0.05, 0.1) is 4.90 Å². The molecule has 1 fully saturated rings. The van der Waals surface area contributed by atoms with E-state index < -0.39 is 10.0 Å². The van der Waals surface area contributed by atoms with E-state index in [1.54, 1.807) is 31.2 Å². The Morgan fingerprint density at radius 1 is 0.886 bits per heavy atom. The zero-order chi connectivity index (χ0) is 25.0. The van der Waals surface area contributed by atoms with Crippen molar-refractivity contribution >= 4 is 21.6 Å². The molecule has 0 radical (unpaired) electrons. The summed E-state index contributed by atoms with van der Waals surface area (Å²) in [5, 5.41) is 2.97. The molecule has 0 aliphatic carbocycles. The van der Waals surface area contributed by atoms with Gasteiger partial charge in [-0.3, -0.25) is 14.4 Å². The van der Waals surface area contributed by atoms with E-state index in [2.05, 4.69) is 21.0 Å². The Bertz CT molecular complexity index is 1310. The maximum absolute atomic E-state index is 13.2. The second-order valence-electron chi connectivity index (χ2n) is 9.40. The molecule has 3 aromatic rings. The number of nitrogens with one attached hydrogen (secondary N) is 2. The van der Waals surface area contributed by atoms with Gasteiger partial charge in [-0.1, -0.05) is 36.4 Å². The first-order valence-corrected chi connectivity index (χ1v) is 13.5. The summed E-state index contributed by atoms with van der Waals surface area (Å²) in [6, 6.07) is 18.5. The molecule has 1 heterocycles. The van der Waals surface area contributed by atoms with Crippen molar-refractivity contribution < 1.29 is 13.2 Å². The monoisotopic (exact) mass is 491 g/mol. The van der Waals surface area contributed by atoms with Crippen molar-refractivity contribution in [2.24, 2.45) is 0 Å². The lowest BCUT2D eigenvalue weighted by molar-refractivity contribution is 0.0950. The van der Waals surface area contributed by atoms with Gasteiger partial charge in [0.1, 0.15) is 0 Å². The molecule has 0 spiro atoms. The first-order valence-electron chi connectivity index (χ1n) is 12.0. The van der Waals surface area contributed by atoms with Crippen LogP contribution in [0.25, 0.3) is 0 Å². The molecular formula is C28H33N3O3S. The molecule has 0 unspecified atom stereocenters. The van der Waals surface area contributed by atoms with Gasteiger partial charge in [0.15, 0.2) is 0 Å². The number of nitrogens with zero attached hydrogens (tertiary/aromatic N) is 1. The highest BCUT2D eigenvalue weighted by Gasteiger charge is 2.20. The molecule has 1 aliphatic heterocycles. The molecule has 184 valence electrons. The van der Waals surface area contributed by atoms with Gasteiger partial charge in [-0.2, -0.15) is 0 Å². The lowest BCUT2D eigenvalue weighted by Gasteiger charge is -2.18. The van der Waals surface area contributed by atoms with Crippen LogP contribution in [0.4, 0.5) is 5.69 Å². The summed E-state index contributed by atoms with van der Waals surface area (Å²) in [4.78, 5) is 15.5. The summed E-state index contributed by atoms with van der Waals surface area (Å²) < 4.78 is 29.0. The van der Waals surface area contributed by atoms with E-state index >= 15 is 0 Å². The normalized spacial score (nSPS) is 14.1. The summed E-state index contributed by atoms with van der Waals surface area (Å²) in [7, 11) is -3.86. The van der Waals surface area contributed by atoms with E-state index in [1.165, 1.54) is 24.5 Å². The van der Waals surface area contributed by atoms with Gasteiger partial charge in [-0.25, -0.2) is 8.42 Å². The summed E-state index contributed by atoms with van der Waals surface area (Å²) in [6.45, 7) is 9.05. The Labute approximate surface area is 208 Å². The maximum atomic E-state index is 13.2. The standard InChI is InChI=1S/C28H33N3O3S/c1-20-14-21(2)16-26(15-20)30-35(33,34)27-17-23(11-10-22(27)3)28(32)29-18-24-8-4-5-9-25(24)19-31-12-6-7-13-31/h4-5,8-11,14-17,30H,6-7,12-13,18-19H2,1-3H3,(H,29,32). The number of aryl methyl sites for hydroxylation is 3. The van der Waals surface area contributed by atoms with Crippen LogP contribution in [0.5, 0.6) is 0 Å². The van der Waals surface area contributed by atoms with Gasteiger partial charge >= 0.3 is 0 Å². The zero-order valence-corrected chi connectivity index (χ0v) is 21.4. The van der Waals surface area contributed by atoms with Crippen LogP contribution in [0, 0.1) is 20.8 Å². The first kappa shape index (κ1) is 24.9. The molecule has 1 aliphatic rings. The highest BCUT2D eigenvalue weighted by atomic mass is 32.2. The van der Waals surface area contributed by atoms with Crippen LogP contribution in [0.15, 0.2) is 65.6 Å². The molecule has 0 aromatic heterocycles. The van der Waals surface area contributed by atoms with E-state index in [0.717, 1.165) is 36.3 Å². The number of rotatable bonds is 8. The van der Waals surface area contributed by atoms with Crippen LogP contribution in [-0.2, 0) is 23.1 Å². The number of carbonyl (C=O) groups excluding carboxylic acids is 1. The second-order valence-corrected chi connectivity index (χ2v) is 11.0. The molecule has 4 rings (SSSR count). The third-order valence-corrected chi connectivity index (χ3v) is 7.89. The van der Waals surface area contributed by atoms with E-state index in [0.29, 0.717) is 23.4 Å². The van der Waals surface area contributed by atoms with Gasteiger partial charge in [-0.05, 0) is 98.8 Å². The number of anilines is 1. The van der Waals surface area contributed by atoms with Gasteiger partial charge < -0.3 is 5.32 Å².